The van der Waals surface area contributed by atoms with Crippen LogP contribution in [0.2, 0.25) is 0 Å². The number of rotatable bonds is 4. The van der Waals surface area contributed by atoms with Crippen LogP contribution in [0.3, 0.4) is 0 Å². The number of anilines is 1. The summed E-state index contributed by atoms with van der Waals surface area (Å²) < 4.78 is 0. The van der Waals surface area contributed by atoms with Gasteiger partial charge in [-0.25, -0.2) is 9.97 Å². The molecule has 2 heterocycles. The number of hydrogen-bond acceptors (Lipinski definition) is 4. The van der Waals surface area contributed by atoms with Gasteiger partial charge in [0.15, 0.2) is 0 Å². The van der Waals surface area contributed by atoms with Gasteiger partial charge in [0.25, 0.3) is 0 Å². The summed E-state index contributed by atoms with van der Waals surface area (Å²) in [5.74, 6) is 0.762. The monoisotopic (exact) mass is 234 g/mol. The van der Waals surface area contributed by atoms with E-state index in [1.54, 1.807) is 6.33 Å². The third kappa shape index (κ3) is 3.40. The van der Waals surface area contributed by atoms with Crippen LogP contribution in [0.25, 0.3) is 0 Å². The Morgan fingerprint density at radius 1 is 1.35 bits per heavy atom. The van der Waals surface area contributed by atoms with Gasteiger partial charge in [0.05, 0.1) is 18.1 Å². The summed E-state index contributed by atoms with van der Waals surface area (Å²) in [6, 6.07) is 0.500. The van der Waals surface area contributed by atoms with E-state index in [1.807, 2.05) is 12.4 Å². The van der Waals surface area contributed by atoms with Crippen molar-refractivity contribution in [3.8, 4) is 0 Å². The van der Waals surface area contributed by atoms with Gasteiger partial charge in [-0.1, -0.05) is 6.92 Å². The molecule has 0 aromatic carbocycles. The van der Waals surface area contributed by atoms with E-state index in [0.717, 1.165) is 11.6 Å². The fraction of sp³-hybridized carbons (Fsp3) is 0.692. The lowest BCUT2D eigenvalue weighted by Crippen LogP contribution is -2.39. The van der Waals surface area contributed by atoms with Crippen molar-refractivity contribution >= 4 is 5.69 Å². The molecule has 1 atom stereocenters. The topological polar surface area (TPSA) is 41.0 Å². The zero-order valence-corrected chi connectivity index (χ0v) is 10.8. The van der Waals surface area contributed by atoms with Gasteiger partial charge in [-0.3, -0.25) is 0 Å². The van der Waals surface area contributed by atoms with Crippen molar-refractivity contribution in [2.24, 2.45) is 5.92 Å². The molecule has 1 aromatic rings. The highest BCUT2D eigenvalue weighted by Gasteiger charge is 2.22. The number of aromatic nitrogens is 2. The van der Waals surface area contributed by atoms with Crippen LogP contribution in [0.5, 0.6) is 0 Å². The predicted octanol–water partition coefficient (Wildman–Crippen LogP) is 2.01. The number of nitrogens with zero attached hydrogens (tertiary/aromatic N) is 3. The lowest BCUT2D eigenvalue weighted by Gasteiger charge is -2.34. The quantitative estimate of drug-likeness (QED) is 0.865. The number of likely N-dealkylation sites (tertiary alicyclic amines) is 1. The van der Waals surface area contributed by atoms with E-state index >= 15 is 0 Å². The Hall–Kier alpha value is -1.16. The molecule has 1 aromatic heterocycles. The first-order valence-corrected chi connectivity index (χ1v) is 6.53. The van der Waals surface area contributed by atoms with Crippen LogP contribution in [-0.4, -0.2) is 40.5 Å². The molecular formula is C13H22N4. The van der Waals surface area contributed by atoms with Crippen molar-refractivity contribution in [3.05, 3.63) is 18.7 Å². The van der Waals surface area contributed by atoms with Crippen molar-refractivity contribution in [1.29, 1.82) is 0 Å². The van der Waals surface area contributed by atoms with Crippen LogP contribution in [0, 0.1) is 5.92 Å². The molecule has 1 unspecified atom stereocenters. The van der Waals surface area contributed by atoms with Crippen molar-refractivity contribution in [2.75, 3.05) is 25.0 Å². The standard InChI is InChI=1S/C13H22N4/c1-3-17-6-4-12(5-7-17)11(2)16-13-8-14-10-15-9-13/h8-12,16H,3-7H2,1-2H3. The van der Waals surface area contributed by atoms with Crippen molar-refractivity contribution < 1.29 is 0 Å². The van der Waals surface area contributed by atoms with Gasteiger partial charge >= 0.3 is 0 Å². The van der Waals surface area contributed by atoms with Crippen LogP contribution < -0.4 is 5.32 Å². The minimum absolute atomic E-state index is 0.500. The lowest BCUT2D eigenvalue weighted by molar-refractivity contribution is 0.183. The van der Waals surface area contributed by atoms with Crippen LogP contribution >= 0.6 is 0 Å². The molecule has 0 aliphatic carbocycles. The lowest BCUT2D eigenvalue weighted by atomic mass is 9.90. The fourth-order valence-electron chi connectivity index (χ4n) is 2.52. The van der Waals surface area contributed by atoms with E-state index in [1.165, 1.54) is 32.5 Å². The van der Waals surface area contributed by atoms with Crippen LogP contribution in [-0.2, 0) is 0 Å². The van der Waals surface area contributed by atoms with E-state index in [4.69, 9.17) is 0 Å². The van der Waals surface area contributed by atoms with Crippen molar-refractivity contribution in [2.45, 2.75) is 32.7 Å². The maximum absolute atomic E-state index is 4.03. The molecule has 4 nitrogen and oxygen atoms in total. The molecule has 2 rings (SSSR count). The summed E-state index contributed by atoms with van der Waals surface area (Å²) in [5.41, 5.74) is 1.03. The molecule has 1 aliphatic rings. The molecule has 1 fully saturated rings. The van der Waals surface area contributed by atoms with Gasteiger partial charge in [-0.15, -0.1) is 0 Å². The minimum atomic E-state index is 0.500. The molecule has 0 amide bonds. The Labute approximate surface area is 103 Å². The van der Waals surface area contributed by atoms with Gasteiger partial charge < -0.3 is 10.2 Å². The molecule has 0 saturated carbocycles. The number of nitrogens with one attached hydrogen (secondary N) is 1. The Morgan fingerprint density at radius 3 is 2.59 bits per heavy atom. The second kappa shape index (κ2) is 5.96. The normalized spacial score (nSPS) is 20.1. The summed E-state index contributed by atoms with van der Waals surface area (Å²) in [7, 11) is 0. The Bertz CT molecular complexity index is 319. The van der Waals surface area contributed by atoms with Gasteiger partial charge in [0, 0.05) is 6.04 Å². The van der Waals surface area contributed by atoms with E-state index < -0.39 is 0 Å². The van der Waals surface area contributed by atoms with E-state index in [-0.39, 0.29) is 0 Å². The van der Waals surface area contributed by atoms with Gasteiger partial charge in [0.1, 0.15) is 6.33 Å². The maximum Gasteiger partial charge on any atom is 0.115 e. The summed E-state index contributed by atoms with van der Waals surface area (Å²) in [4.78, 5) is 10.6. The number of hydrogen-bond donors (Lipinski definition) is 1. The molecule has 1 N–H and O–H groups in total. The minimum Gasteiger partial charge on any atom is -0.380 e. The largest absolute Gasteiger partial charge is 0.380 e. The van der Waals surface area contributed by atoms with Crippen molar-refractivity contribution in [3.63, 3.8) is 0 Å². The zero-order valence-electron chi connectivity index (χ0n) is 10.8. The molecular weight excluding hydrogens is 212 g/mol. The third-order valence-corrected chi connectivity index (χ3v) is 3.74. The molecule has 94 valence electrons. The highest BCUT2D eigenvalue weighted by atomic mass is 15.1. The first kappa shape index (κ1) is 12.3. The highest BCUT2D eigenvalue weighted by molar-refractivity contribution is 5.38. The smallest absolute Gasteiger partial charge is 0.115 e. The second-order valence-corrected chi connectivity index (χ2v) is 4.83. The highest BCUT2D eigenvalue weighted by Crippen LogP contribution is 2.22. The van der Waals surface area contributed by atoms with Gasteiger partial charge in [-0.05, 0) is 45.3 Å². The summed E-state index contributed by atoms with van der Waals surface area (Å²) in [6.45, 7) is 8.15. The van der Waals surface area contributed by atoms with Crippen LogP contribution in [0.1, 0.15) is 26.7 Å². The van der Waals surface area contributed by atoms with Crippen LogP contribution in [0.4, 0.5) is 5.69 Å². The van der Waals surface area contributed by atoms with E-state index in [0.29, 0.717) is 6.04 Å². The summed E-state index contributed by atoms with van der Waals surface area (Å²) >= 11 is 0. The third-order valence-electron chi connectivity index (χ3n) is 3.74. The molecule has 0 spiro atoms. The molecule has 0 bridgehead atoms. The fourth-order valence-corrected chi connectivity index (χ4v) is 2.52. The first-order valence-electron chi connectivity index (χ1n) is 6.53. The SMILES string of the molecule is CCN1CCC(C(C)Nc2cncnc2)CC1. The number of piperidine rings is 1. The molecule has 1 saturated heterocycles. The van der Waals surface area contributed by atoms with E-state index in [9.17, 15) is 0 Å². The molecule has 4 heteroatoms. The average molecular weight is 234 g/mol. The summed E-state index contributed by atoms with van der Waals surface area (Å²) in [6.07, 6.45) is 7.82. The molecule has 0 radical (unpaired) electrons. The Balaban J connectivity index is 1.83. The van der Waals surface area contributed by atoms with Crippen molar-refractivity contribution in [1.82, 2.24) is 14.9 Å². The Morgan fingerprint density at radius 2 is 2.00 bits per heavy atom. The molecule has 17 heavy (non-hydrogen) atoms. The maximum atomic E-state index is 4.03. The van der Waals surface area contributed by atoms with Gasteiger partial charge in [-0.2, -0.15) is 0 Å². The second-order valence-electron chi connectivity index (χ2n) is 4.83. The summed E-state index contributed by atoms with van der Waals surface area (Å²) in [5, 5.41) is 3.50. The average Bonchev–Trinajstić information content (AvgIpc) is 2.40. The first-order chi connectivity index (χ1) is 8.29. The Kier molecular flexibility index (Phi) is 4.31. The predicted molar refractivity (Wildman–Crippen MR) is 70.0 cm³/mol. The van der Waals surface area contributed by atoms with Crippen LogP contribution in [0.15, 0.2) is 18.7 Å². The van der Waals surface area contributed by atoms with E-state index in [2.05, 4.69) is 34.0 Å². The molecule has 1 aliphatic heterocycles. The zero-order chi connectivity index (χ0) is 12.1. The van der Waals surface area contributed by atoms with Gasteiger partial charge in [0.2, 0.25) is 0 Å².